The highest BCUT2D eigenvalue weighted by atomic mass is 79.9. The van der Waals surface area contributed by atoms with Crippen LogP contribution < -0.4 is 0 Å². The van der Waals surface area contributed by atoms with Crippen LogP contribution in [0.4, 0.5) is 0 Å². The van der Waals surface area contributed by atoms with Gasteiger partial charge in [0.1, 0.15) is 0 Å². The van der Waals surface area contributed by atoms with Crippen LogP contribution in [0.25, 0.3) is 0 Å². The van der Waals surface area contributed by atoms with Crippen molar-refractivity contribution in [1.29, 1.82) is 0 Å². The summed E-state index contributed by atoms with van der Waals surface area (Å²) in [5.74, 6) is -0.925. The standard InChI is InChI=1S/C15H17Br2NO3/c1-2-15(14(20)21)6-3-7-18(9-15)13(19)11-5-4-10(16)8-12(11)17/h4-5,8H,2-3,6-7,9H2,1H3,(H,20,21). The first-order valence-electron chi connectivity index (χ1n) is 6.87. The summed E-state index contributed by atoms with van der Waals surface area (Å²) in [5.41, 5.74) is -0.245. The van der Waals surface area contributed by atoms with Crippen LogP contribution in [0.1, 0.15) is 36.5 Å². The number of hydrogen-bond acceptors (Lipinski definition) is 2. The van der Waals surface area contributed by atoms with E-state index in [2.05, 4.69) is 31.9 Å². The van der Waals surface area contributed by atoms with Crippen LogP contribution >= 0.6 is 31.9 Å². The second-order valence-electron chi connectivity index (χ2n) is 5.39. The number of nitrogens with zero attached hydrogens (tertiary/aromatic N) is 1. The molecule has 1 fully saturated rings. The lowest BCUT2D eigenvalue weighted by Gasteiger charge is -2.39. The van der Waals surface area contributed by atoms with Crippen molar-refractivity contribution in [3.05, 3.63) is 32.7 Å². The van der Waals surface area contributed by atoms with Crippen molar-refractivity contribution in [2.24, 2.45) is 5.41 Å². The highest BCUT2D eigenvalue weighted by Gasteiger charge is 2.42. The molecule has 4 nitrogen and oxygen atoms in total. The largest absolute Gasteiger partial charge is 0.481 e. The molecule has 1 atom stereocenters. The lowest BCUT2D eigenvalue weighted by atomic mass is 9.77. The number of amides is 1. The van der Waals surface area contributed by atoms with E-state index in [9.17, 15) is 14.7 Å². The van der Waals surface area contributed by atoms with E-state index in [1.807, 2.05) is 19.1 Å². The Morgan fingerprint density at radius 3 is 2.67 bits per heavy atom. The number of hydrogen-bond donors (Lipinski definition) is 1. The van der Waals surface area contributed by atoms with Gasteiger partial charge in [0.05, 0.1) is 11.0 Å². The predicted molar refractivity (Wildman–Crippen MR) is 87.3 cm³/mol. The van der Waals surface area contributed by atoms with Crippen molar-refractivity contribution in [3.63, 3.8) is 0 Å². The predicted octanol–water partition coefficient (Wildman–Crippen LogP) is 3.93. The number of benzene rings is 1. The van der Waals surface area contributed by atoms with E-state index in [4.69, 9.17) is 0 Å². The Hall–Kier alpha value is -0.880. The first-order valence-corrected chi connectivity index (χ1v) is 8.46. The lowest BCUT2D eigenvalue weighted by molar-refractivity contribution is -0.152. The van der Waals surface area contributed by atoms with Gasteiger partial charge in [-0.25, -0.2) is 0 Å². The van der Waals surface area contributed by atoms with Crippen molar-refractivity contribution < 1.29 is 14.7 Å². The molecule has 2 rings (SSSR count). The fourth-order valence-corrected chi connectivity index (χ4v) is 3.97. The molecule has 1 aliphatic rings. The molecule has 1 N–H and O–H groups in total. The zero-order valence-electron chi connectivity index (χ0n) is 11.7. The average Bonchev–Trinajstić information content (AvgIpc) is 2.46. The van der Waals surface area contributed by atoms with Crippen LogP contribution in [0.15, 0.2) is 27.1 Å². The molecular formula is C15H17Br2NO3. The van der Waals surface area contributed by atoms with E-state index in [0.717, 1.165) is 10.9 Å². The zero-order valence-corrected chi connectivity index (χ0v) is 14.9. The van der Waals surface area contributed by atoms with Crippen LogP contribution in [-0.2, 0) is 4.79 Å². The Morgan fingerprint density at radius 2 is 2.10 bits per heavy atom. The molecule has 114 valence electrons. The van der Waals surface area contributed by atoms with Crippen LogP contribution in [0.2, 0.25) is 0 Å². The Morgan fingerprint density at radius 1 is 1.38 bits per heavy atom. The molecule has 21 heavy (non-hydrogen) atoms. The van der Waals surface area contributed by atoms with E-state index in [1.165, 1.54) is 0 Å². The van der Waals surface area contributed by atoms with Gasteiger partial charge in [-0.3, -0.25) is 9.59 Å². The molecule has 0 spiro atoms. The molecule has 6 heteroatoms. The van der Waals surface area contributed by atoms with E-state index in [0.29, 0.717) is 29.4 Å². The van der Waals surface area contributed by atoms with Gasteiger partial charge in [-0.1, -0.05) is 22.9 Å². The maximum Gasteiger partial charge on any atom is 0.311 e. The number of carboxylic acid groups (broad SMARTS) is 1. The molecule has 1 heterocycles. The Balaban J connectivity index is 2.25. The summed E-state index contributed by atoms with van der Waals surface area (Å²) in [6, 6.07) is 5.38. The molecule has 0 saturated carbocycles. The Kier molecular flexibility index (Phi) is 5.09. The van der Waals surface area contributed by atoms with Gasteiger partial charge < -0.3 is 10.0 Å². The fraction of sp³-hybridized carbons (Fsp3) is 0.467. The molecule has 1 aliphatic heterocycles. The van der Waals surface area contributed by atoms with Gasteiger partial charge in [-0.2, -0.15) is 0 Å². The number of likely N-dealkylation sites (tertiary alicyclic amines) is 1. The molecule has 0 radical (unpaired) electrons. The third kappa shape index (κ3) is 3.31. The van der Waals surface area contributed by atoms with Crippen LogP contribution in [0.5, 0.6) is 0 Å². The molecule has 0 aliphatic carbocycles. The van der Waals surface area contributed by atoms with Crippen molar-refractivity contribution in [3.8, 4) is 0 Å². The van der Waals surface area contributed by atoms with Gasteiger partial charge >= 0.3 is 5.97 Å². The molecule has 1 amide bonds. The normalized spacial score (nSPS) is 22.1. The van der Waals surface area contributed by atoms with E-state index in [-0.39, 0.29) is 12.5 Å². The zero-order chi connectivity index (χ0) is 15.6. The van der Waals surface area contributed by atoms with Crippen LogP contribution in [-0.4, -0.2) is 35.0 Å². The number of carbonyl (C=O) groups is 2. The summed E-state index contributed by atoms with van der Waals surface area (Å²) in [7, 11) is 0. The second kappa shape index (κ2) is 6.48. The summed E-state index contributed by atoms with van der Waals surface area (Å²) in [6.07, 6.45) is 1.89. The highest BCUT2D eigenvalue weighted by Crippen LogP contribution is 2.35. The summed E-state index contributed by atoms with van der Waals surface area (Å²) in [4.78, 5) is 25.9. The third-order valence-electron chi connectivity index (χ3n) is 4.16. The first-order chi connectivity index (χ1) is 9.89. The molecule has 1 saturated heterocycles. The van der Waals surface area contributed by atoms with Crippen molar-refractivity contribution in [2.45, 2.75) is 26.2 Å². The number of carbonyl (C=O) groups excluding carboxylic acids is 1. The minimum absolute atomic E-state index is 0.117. The average molecular weight is 419 g/mol. The van der Waals surface area contributed by atoms with Crippen LogP contribution in [0.3, 0.4) is 0 Å². The first kappa shape index (κ1) is 16.5. The number of aliphatic carboxylic acids is 1. The number of halogens is 2. The summed E-state index contributed by atoms with van der Waals surface area (Å²) < 4.78 is 1.60. The summed E-state index contributed by atoms with van der Waals surface area (Å²) >= 11 is 6.75. The van der Waals surface area contributed by atoms with Gasteiger partial charge in [0.15, 0.2) is 0 Å². The highest BCUT2D eigenvalue weighted by molar-refractivity contribution is 9.11. The maximum absolute atomic E-state index is 12.6. The lowest BCUT2D eigenvalue weighted by Crippen LogP contribution is -2.49. The van der Waals surface area contributed by atoms with Crippen LogP contribution in [0, 0.1) is 5.41 Å². The van der Waals surface area contributed by atoms with Gasteiger partial charge in [-0.15, -0.1) is 0 Å². The van der Waals surface area contributed by atoms with Gasteiger partial charge in [0, 0.05) is 22.0 Å². The molecular weight excluding hydrogens is 402 g/mol. The smallest absolute Gasteiger partial charge is 0.311 e. The van der Waals surface area contributed by atoms with Crippen molar-refractivity contribution in [1.82, 2.24) is 4.90 Å². The number of rotatable bonds is 3. The third-order valence-corrected chi connectivity index (χ3v) is 5.31. The SMILES string of the molecule is CCC1(C(=O)O)CCCN(C(=O)c2ccc(Br)cc2Br)C1. The molecule has 1 aromatic rings. The van der Waals surface area contributed by atoms with E-state index >= 15 is 0 Å². The molecule has 0 aromatic heterocycles. The second-order valence-corrected chi connectivity index (χ2v) is 7.16. The summed E-state index contributed by atoms with van der Waals surface area (Å²) in [6.45, 7) is 2.76. The fourth-order valence-electron chi connectivity index (χ4n) is 2.75. The number of piperidine rings is 1. The quantitative estimate of drug-likeness (QED) is 0.808. The molecule has 1 unspecified atom stereocenters. The topological polar surface area (TPSA) is 57.6 Å². The van der Waals surface area contributed by atoms with Crippen molar-refractivity contribution >= 4 is 43.7 Å². The number of carboxylic acids is 1. The van der Waals surface area contributed by atoms with Crippen molar-refractivity contribution in [2.75, 3.05) is 13.1 Å². The monoisotopic (exact) mass is 417 g/mol. The Bertz CT molecular complexity index is 576. The van der Waals surface area contributed by atoms with Gasteiger partial charge in [0.25, 0.3) is 5.91 Å². The van der Waals surface area contributed by atoms with E-state index in [1.54, 1.807) is 11.0 Å². The minimum Gasteiger partial charge on any atom is -0.481 e. The molecule has 1 aromatic carbocycles. The van der Waals surface area contributed by atoms with E-state index < -0.39 is 11.4 Å². The maximum atomic E-state index is 12.6. The summed E-state index contributed by atoms with van der Waals surface area (Å²) in [5, 5.41) is 9.50. The van der Waals surface area contributed by atoms with Gasteiger partial charge in [0.2, 0.25) is 0 Å². The Labute approximate surface area is 140 Å². The molecule has 0 bridgehead atoms. The van der Waals surface area contributed by atoms with Gasteiger partial charge in [-0.05, 0) is 53.4 Å². The minimum atomic E-state index is -0.810.